The Balaban J connectivity index is 0.00000161. The van der Waals surface area contributed by atoms with Crippen LogP contribution in [0.3, 0.4) is 0 Å². The minimum Gasteiger partial charge on any atom is -0.490 e. The molecule has 4 nitrogen and oxygen atoms in total. The lowest BCUT2D eigenvalue weighted by Crippen LogP contribution is -2.38. The summed E-state index contributed by atoms with van der Waals surface area (Å²) < 4.78 is 5.60. The van der Waals surface area contributed by atoms with Crippen molar-refractivity contribution in [1.29, 1.82) is 0 Å². The number of ether oxygens (including phenoxy) is 1. The SMILES string of the molecule is Cl.O=C(CCC1CCNCC1)N1CCOc2ccccc21. The van der Waals surface area contributed by atoms with Crippen LogP contribution in [-0.2, 0) is 4.79 Å². The Labute approximate surface area is 132 Å². The molecular weight excluding hydrogens is 288 g/mol. The Morgan fingerprint density at radius 3 is 2.86 bits per heavy atom. The van der Waals surface area contributed by atoms with Crippen LogP contribution in [0.4, 0.5) is 5.69 Å². The van der Waals surface area contributed by atoms with Crippen LogP contribution in [0.2, 0.25) is 0 Å². The highest BCUT2D eigenvalue weighted by atomic mass is 35.5. The molecule has 2 aliphatic heterocycles. The summed E-state index contributed by atoms with van der Waals surface area (Å²) >= 11 is 0. The number of piperidine rings is 1. The zero-order valence-electron chi connectivity index (χ0n) is 12.2. The molecule has 0 spiro atoms. The largest absolute Gasteiger partial charge is 0.490 e. The van der Waals surface area contributed by atoms with Gasteiger partial charge in [-0.3, -0.25) is 4.79 Å². The maximum Gasteiger partial charge on any atom is 0.227 e. The van der Waals surface area contributed by atoms with Gasteiger partial charge in [0.25, 0.3) is 0 Å². The first-order valence-electron chi connectivity index (χ1n) is 7.57. The zero-order chi connectivity index (χ0) is 13.8. The molecule has 21 heavy (non-hydrogen) atoms. The predicted octanol–water partition coefficient (Wildman–Crippen LogP) is 2.61. The number of nitrogens with zero attached hydrogens (tertiary/aromatic N) is 1. The average molecular weight is 311 g/mol. The molecule has 116 valence electrons. The van der Waals surface area contributed by atoms with Gasteiger partial charge in [-0.1, -0.05) is 12.1 Å². The van der Waals surface area contributed by atoms with Crippen LogP contribution in [0.1, 0.15) is 25.7 Å². The first-order valence-corrected chi connectivity index (χ1v) is 7.57. The Morgan fingerprint density at radius 1 is 1.29 bits per heavy atom. The van der Waals surface area contributed by atoms with Crippen LogP contribution in [0, 0.1) is 5.92 Å². The lowest BCUT2D eigenvalue weighted by molar-refractivity contribution is -0.119. The second-order valence-electron chi connectivity index (χ2n) is 5.59. The van der Waals surface area contributed by atoms with E-state index in [9.17, 15) is 4.79 Å². The van der Waals surface area contributed by atoms with E-state index in [2.05, 4.69) is 5.32 Å². The first kappa shape index (κ1) is 16.1. The molecule has 0 aromatic heterocycles. The van der Waals surface area contributed by atoms with E-state index in [0.29, 0.717) is 25.5 Å². The number of hydrogen-bond donors (Lipinski definition) is 1. The fourth-order valence-corrected chi connectivity index (χ4v) is 3.06. The summed E-state index contributed by atoms with van der Waals surface area (Å²) in [6, 6.07) is 7.81. The van der Waals surface area contributed by atoms with Gasteiger partial charge in [-0.25, -0.2) is 0 Å². The lowest BCUT2D eigenvalue weighted by Gasteiger charge is -2.30. The third-order valence-electron chi connectivity index (χ3n) is 4.25. The van der Waals surface area contributed by atoms with Gasteiger partial charge in [0.2, 0.25) is 5.91 Å². The molecule has 2 heterocycles. The minimum atomic E-state index is 0. The van der Waals surface area contributed by atoms with Crippen molar-refractivity contribution in [1.82, 2.24) is 5.32 Å². The zero-order valence-corrected chi connectivity index (χ0v) is 13.0. The van der Waals surface area contributed by atoms with Crippen molar-refractivity contribution in [2.24, 2.45) is 5.92 Å². The summed E-state index contributed by atoms with van der Waals surface area (Å²) in [7, 11) is 0. The van der Waals surface area contributed by atoms with Crippen LogP contribution in [0.15, 0.2) is 24.3 Å². The van der Waals surface area contributed by atoms with Crippen molar-refractivity contribution in [3.8, 4) is 5.75 Å². The number of fused-ring (bicyclic) bond motifs is 1. The maximum atomic E-state index is 12.5. The number of halogens is 1. The normalized spacial score (nSPS) is 18.4. The molecule has 3 rings (SSSR count). The van der Waals surface area contributed by atoms with Gasteiger partial charge in [-0.05, 0) is 50.4 Å². The number of para-hydroxylation sites is 2. The lowest BCUT2D eigenvalue weighted by atomic mass is 9.93. The van der Waals surface area contributed by atoms with Gasteiger partial charge >= 0.3 is 0 Å². The highest BCUT2D eigenvalue weighted by Crippen LogP contribution is 2.31. The molecule has 0 atom stereocenters. The summed E-state index contributed by atoms with van der Waals surface area (Å²) in [4.78, 5) is 14.3. The van der Waals surface area contributed by atoms with Gasteiger partial charge < -0.3 is 15.0 Å². The Kier molecular flexibility index (Phi) is 5.88. The molecule has 1 amide bonds. The molecule has 1 fully saturated rings. The van der Waals surface area contributed by atoms with E-state index in [1.807, 2.05) is 29.2 Å². The fourth-order valence-electron chi connectivity index (χ4n) is 3.06. The molecule has 1 saturated heterocycles. The van der Waals surface area contributed by atoms with Crippen molar-refractivity contribution in [2.75, 3.05) is 31.1 Å². The molecule has 2 aliphatic rings. The third-order valence-corrected chi connectivity index (χ3v) is 4.25. The first-order chi connectivity index (χ1) is 9.84. The van der Waals surface area contributed by atoms with Crippen LogP contribution in [0.5, 0.6) is 5.75 Å². The average Bonchev–Trinajstić information content (AvgIpc) is 2.53. The monoisotopic (exact) mass is 310 g/mol. The van der Waals surface area contributed by atoms with E-state index in [1.165, 1.54) is 12.8 Å². The predicted molar refractivity (Wildman–Crippen MR) is 86.4 cm³/mol. The molecule has 5 heteroatoms. The number of rotatable bonds is 3. The smallest absolute Gasteiger partial charge is 0.227 e. The fraction of sp³-hybridized carbons (Fsp3) is 0.562. The van der Waals surface area contributed by atoms with Crippen LogP contribution < -0.4 is 15.0 Å². The Bertz CT molecular complexity index is 475. The molecule has 1 aromatic rings. The van der Waals surface area contributed by atoms with Crippen molar-refractivity contribution in [3.63, 3.8) is 0 Å². The molecule has 1 aromatic carbocycles. The third kappa shape index (κ3) is 3.89. The van der Waals surface area contributed by atoms with Crippen molar-refractivity contribution in [2.45, 2.75) is 25.7 Å². The number of carbonyl (C=O) groups excluding carboxylic acids is 1. The summed E-state index contributed by atoms with van der Waals surface area (Å²) in [5.74, 6) is 1.77. The highest BCUT2D eigenvalue weighted by Gasteiger charge is 2.24. The van der Waals surface area contributed by atoms with E-state index in [4.69, 9.17) is 4.74 Å². The van der Waals surface area contributed by atoms with Crippen molar-refractivity contribution < 1.29 is 9.53 Å². The van der Waals surface area contributed by atoms with Gasteiger partial charge in [0, 0.05) is 6.42 Å². The van der Waals surface area contributed by atoms with Gasteiger partial charge in [-0.15, -0.1) is 12.4 Å². The molecule has 0 radical (unpaired) electrons. The summed E-state index contributed by atoms with van der Waals surface area (Å²) in [6.07, 6.45) is 4.07. The van der Waals surface area contributed by atoms with E-state index in [1.54, 1.807) is 0 Å². The molecule has 1 N–H and O–H groups in total. The number of nitrogens with one attached hydrogen (secondary N) is 1. The number of amides is 1. The standard InChI is InChI=1S/C16H22N2O2.ClH/c19-16(6-5-13-7-9-17-10-8-13)18-11-12-20-15-4-2-1-3-14(15)18;/h1-4,13,17H,5-12H2;1H. The van der Waals surface area contributed by atoms with Crippen molar-refractivity contribution >= 4 is 24.0 Å². The van der Waals surface area contributed by atoms with Crippen LogP contribution >= 0.6 is 12.4 Å². The van der Waals surface area contributed by atoms with Gasteiger partial charge in [0.1, 0.15) is 12.4 Å². The molecule has 0 bridgehead atoms. The van der Waals surface area contributed by atoms with Crippen LogP contribution in [-0.4, -0.2) is 32.1 Å². The molecule has 0 unspecified atom stereocenters. The highest BCUT2D eigenvalue weighted by molar-refractivity contribution is 5.95. The number of benzene rings is 1. The number of hydrogen-bond acceptors (Lipinski definition) is 3. The minimum absolute atomic E-state index is 0. The number of carbonyl (C=O) groups is 1. The Hall–Kier alpha value is -1.26. The quantitative estimate of drug-likeness (QED) is 0.933. The summed E-state index contributed by atoms with van der Waals surface area (Å²) in [5, 5.41) is 3.37. The topological polar surface area (TPSA) is 41.6 Å². The van der Waals surface area contributed by atoms with Gasteiger partial charge in [0.15, 0.2) is 0 Å². The van der Waals surface area contributed by atoms with E-state index in [-0.39, 0.29) is 18.3 Å². The Morgan fingerprint density at radius 2 is 2.05 bits per heavy atom. The van der Waals surface area contributed by atoms with E-state index >= 15 is 0 Å². The molecule has 0 aliphatic carbocycles. The number of anilines is 1. The van der Waals surface area contributed by atoms with E-state index in [0.717, 1.165) is 30.9 Å². The summed E-state index contributed by atoms with van der Waals surface area (Å²) in [6.45, 7) is 3.46. The molecule has 0 saturated carbocycles. The van der Waals surface area contributed by atoms with Crippen molar-refractivity contribution in [3.05, 3.63) is 24.3 Å². The van der Waals surface area contributed by atoms with Crippen LogP contribution in [0.25, 0.3) is 0 Å². The second-order valence-corrected chi connectivity index (χ2v) is 5.59. The van der Waals surface area contributed by atoms with Gasteiger partial charge in [-0.2, -0.15) is 0 Å². The van der Waals surface area contributed by atoms with E-state index < -0.39 is 0 Å². The molecular formula is C16H23ClN2O2. The maximum absolute atomic E-state index is 12.5. The van der Waals surface area contributed by atoms with Gasteiger partial charge in [0.05, 0.1) is 12.2 Å². The summed E-state index contributed by atoms with van der Waals surface area (Å²) in [5.41, 5.74) is 0.925. The second kappa shape index (κ2) is 7.66.